The van der Waals surface area contributed by atoms with Crippen LogP contribution in [0.3, 0.4) is 0 Å². The summed E-state index contributed by atoms with van der Waals surface area (Å²) >= 11 is 8.93. The summed E-state index contributed by atoms with van der Waals surface area (Å²) in [6, 6.07) is 3.01. The van der Waals surface area contributed by atoms with Crippen LogP contribution < -0.4 is 0 Å². The van der Waals surface area contributed by atoms with Gasteiger partial charge in [-0.05, 0) is 17.2 Å². The van der Waals surface area contributed by atoms with Crippen LogP contribution in [0, 0.1) is 5.82 Å². The molecule has 0 N–H and O–H groups in total. The van der Waals surface area contributed by atoms with Gasteiger partial charge in [-0.25, -0.2) is 4.39 Å². The van der Waals surface area contributed by atoms with Gasteiger partial charge >= 0.3 is 5.97 Å². The fourth-order valence-corrected chi connectivity index (χ4v) is 1.64. The summed E-state index contributed by atoms with van der Waals surface area (Å²) in [5, 5.41) is 0.486. The number of esters is 1. The number of hydrogen-bond donors (Lipinski definition) is 0. The van der Waals surface area contributed by atoms with Crippen molar-refractivity contribution in [3.8, 4) is 0 Å². The normalized spacial score (nSPS) is 10.1. The molecule has 82 valence electrons. The van der Waals surface area contributed by atoms with E-state index in [4.69, 9.17) is 11.6 Å². The molecule has 15 heavy (non-hydrogen) atoms. The summed E-state index contributed by atoms with van der Waals surface area (Å²) in [6.07, 6.45) is -0.0207. The van der Waals surface area contributed by atoms with Crippen LogP contribution >= 0.6 is 27.5 Å². The zero-order valence-corrected chi connectivity index (χ0v) is 10.4. The molecule has 0 aliphatic rings. The lowest BCUT2D eigenvalue weighted by atomic mass is 10.1. The number of ether oxygens (including phenoxy) is 1. The van der Waals surface area contributed by atoms with Gasteiger partial charge in [-0.2, -0.15) is 0 Å². The molecule has 0 spiro atoms. The second-order valence-electron chi connectivity index (χ2n) is 2.94. The van der Waals surface area contributed by atoms with E-state index in [1.807, 2.05) is 0 Å². The van der Waals surface area contributed by atoms with Crippen molar-refractivity contribution in [1.29, 1.82) is 0 Å². The average Bonchev–Trinajstić information content (AvgIpc) is 2.24. The summed E-state index contributed by atoms with van der Waals surface area (Å²) in [7, 11) is 1.28. The summed E-state index contributed by atoms with van der Waals surface area (Å²) in [6.45, 7) is 0. The Morgan fingerprint density at radius 1 is 1.60 bits per heavy atom. The molecule has 2 nitrogen and oxygen atoms in total. The van der Waals surface area contributed by atoms with Gasteiger partial charge in [-0.3, -0.25) is 4.79 Å². The van der Waals surface area contributed by atoms with Gasteiger partial charge in [0.1, 0.15) is 5.82 Å². The second-order valence-corrected chi connectivity index (χ2v) is 3.88. The molecule has 0 amide bonds. The third-order valence-electron chi connectivity index (χ3n) is 1.88. The number of carbonyl (C=O) groups is 1. The Kier molecular flexibility index (Phi) is 4.54. The van der Waals surface area contributed by atoms with Crippen LogP contribution in [0.15, 0.2) is 12.1 Å². The Morgan fingerprint density at radius 3 is 2.80 bits per heavy atom. The summed E-state index contributed by atoms with van der Waals surface area (Å²) in [5.41, 5.74) is 1.17. The van der Waals surface area contributed by atoms with E-state index in [-0.39, 0.29) is 11.4 Å². The molecule has 0 aromatic heterocycles. The van der Waals surface area contributed by atoms with Crippen molar-refractivity contribution < 1.29 is 13.9 Å². The van der Waals surface area contributed by atoms with E-state index in [1.54, 1.807) is 6.07 Å². The molecule has 0 fully saturated rings. The number of carbonyl (C=O) groups excluding carboxylic acids is 1. The molecule has 0 saturated carbocycles. The van der Waals surface area contributed by atoms with E-state index in [1.165, 1.54) is 13.2 Å². The van der Waals surface area contributed by atoms with Crippen LogP contribution in [0.2, 0.25) is 5.02 Å². The predicted molar refractivity (Wildman–Crippen MR) is 59.8 cm³/mol. The van der Waals surface area contributed by atoms with Crippen molar-refractivity contribution in [2.45, 2.75) is 11.8 Å². The van der Waals surface area contributed by atoms with Gasteiger partial charge in [0.2, 0.25) is 0 Å². The molecule has 0 atom stereocenters. The van der Waals surface area contributed by atoms with Crippen LogP contribution in [0.1, 0.15) is 11.1 Å². The molecule has 0 aliphatic heterocycles. The molecule has 1 aromatic rings. The van der Waals surface area contributed by atoms with Crippen molar-refractivity contribution >= 4 is 33.5 Å². The third kappa shape index (κ3) is 3.18. The van der Waals surface area contributed by atoms with Gasteiger partial charge in [-0.1, -0.05) is 33.6 Å². The molecular formula is C10H9BrClFO2. The molecule has 1 aromatic carbocycles. The van der Waals surface area contributed by atoms with Gasteiger partial charge < -0.3 is 4.74 Å². The minimum Gasteiger partial charge on any atom is -0.469 e. The first kappa shape index (κ1) is 12.5. The minimum atomic E-state index is -0.521. The maximum atomic E-state index is 13.3. The minimum absolute atomic E-state index is 0.0207. The first-order valence-electron chi connectivity index (χ1n) is 4.18. The average molecular weight is 296 g/mol. The molecular weight excluding hydrogens is 286 g/mol. The highest BCUT2D eigenvalue weighted by Gasteiger charge is 2.12. The topological polar surface area (TPSA) is 26.3 Å². The predicted octanol–water partition coefficient (Wildman–Crippen LogP) is 3.09. The Labute approximate surface area is 101 Å². The first-order chi connectivity index (χ1) is 7.08. The second kappa shape index (κ2) is 5.47. The largest absolute Gasteiger partial charge is 0.469 e. The zero-order chi connectivity index (χ0) is 11.4. The lowest BCUT2D eigenvalue weighted by Gasteiger charge is -2.06. The molecule has 0 radical (unpaired) electrons. The Morgan fingerprint density at radius 2 is 2.27 bits per heavy atom. The summed E-state index contributed by atoms with van der Waals surface area (Å²) in [5.74, 6) is -0.962. The van der Waals surface area contributed by atoms with Gasteiger partial charge in [-0.15, -0.1) is 0 Å². The Hall–Kier alpha value is -0.610. The molecule has 0 unspecified atom stereocenters. The molecule has 0 heterocycles. The molecule has 0 saturated heterocycles. The smallest absolute Gasteiger partial charge is 0.310 e. The van der Waals surface area contributed by atoms with E-state index in [2.05, 4.69) is 20.7 Å². The summed E-state index contributed by atoms with van der Waals surface area (Å²) in [4.78, 5) is 11.0. The van der Waals surface area contributed by atoms with Gasteiger partial charge in [0.05, 0.1) is 18.6 Å². The Balaban J connectivity index is 3.05. The summed E-state index contributed by atoms with van der Waals surface area (Å²) < 4.78 is 17.8. The molecule has 1 rings (SSSR count). The maximum absolute atomic E-state index is 13.3. The van der Waals surface area contributed by atoms with Gasteiger partial charge in [0.25, 0.3) is 0 Å². The highest BCUT2D eigenvalue weighted by molar-refractivity contribution is 9.08. The Bertz CT molecular complexity index is 382. The molecule has 5 heteroatoms. The lowest BCUT2D eigenvalue weighted by Crippen LogP contribution is -2.06. The van der Waals surface area contributed by atoms with Crippen molar-refractivity contribution in [1.82, 2.24) is 0 Å². The van der Waals surface area contributed by atoms with Crippen LogP contribution in [-0.2, 0) is 21.3 Å². The van der Waals surface area contributed by atoms with Gasteiger partial charge in [0, 0.05) is 5.33 Å². The monoisotopic (exact) mass is 294 g/mol. The number of hydrogen-bond acceptors (Lipinski definition) is 2. The van der Waals surface area contributed by atoms with Crippen molar-refractivity contribution in [3.63, 3.8) is 0 Å². The molecule has 0 aliphatic carbocycles. The van der Waals surface area contributed by atoms with Crippen LogP contribution in [-0.4, -0.2) is 13.1 Å². The highest BCUT2D eigenvalue weighted by Crippen LogP contribution is 2.23. The number of benzene rings is 1. The highest BCUT2D eigenvalue weighted by atomic mass is 79.9. The van der Waals surface area contributed by atoms with Crippen molar-refractivity contribution in [2.24, 2.45) is 0 Å². The SMILES string of the molecule is COC(=O)Cc1cc(CBr)cc(F)c1Cl. The van der Waals surface area contributed by atoms with Crippen LogP contribution in [0.25, 0.3) is 0 Å². The van der Waals surface area contributed by atoms with Crippen molar-refractivity contribution in [2.75, 3.05) is 7.11 Å². The van der Waals surface area contributed by atoms with Gasteiger partial charge in [0.15, 0.2) is 0 Å². The van der Waals surface area contributed by atoms with Crippen LogP contribution in [0.5, 0.6) is 0 Å². The first-order valence-corrected chi connectivity index (χ1v) is 5.68. The van der Waals surface area contributed by atoms with E-state index >= 15 is 0 Å². The molecule has 0 bridgehead atoms. The van der Waals surface area contributed by atoms with Crippen LogP contribution in [0.4, 0.5) is 4.39 Å². The lowest BCUT2D eigenvalue weighted by molar-refractivity contribution is -0.139. The maximum Gasteiger partial charge on any atom is 0.310 e. The van der Waals surface area contributed by atoms with E-state index < -0.39 is 11.8 Å². The quantitative estimate of drug-likeness (QED) is 0.633. The number of rotatable bonds is 3. The fraction of sp³-hybridized carbons (Fsp3) is 0.300. The van der Waals surface area contributed by atoms with E-state index in [0.29, 0.717) is 10.9 Å². The number of methoxy groups -OCH3 is 1. The third-order valence-corrected chi connectivity index (χ3v) is 2.95. The zero-order valence-electron chi connectivity index (χ0n) is 8.02. The fourth-order valence-electron chi connectivity index (χ4n) is 1.14. The number of halogens is 3. The van der Waals surface area contributed by atoms with E-state index in [9.17, 15) is 9.18 Å². The number of alkyl halides is 1. The standard InChI is InChI=1S/C10H9BrClFO2/c1-15-9(14)4-7-2-6(5-11)3-8(13)10(7)12/h2-3H,4-5H2,1H3. The van der Waals surface area contributed by atoms with Crippen molar-refractivity contribution in [3.05, 3.63) is 34.1 Å². The van der Waals surface area contributed by atoms with E-state index in [0.717, 1.165) is 5.56 Å².